The van der Waals surface area contributed by atoms with Gasteiger partial charge in [0.25, 0.3) is 0 Å². The van der Waals surface area contributed by atoms with E-state index >= 15 is 0 Å². The zero-order valence-electron chi connectivity index (χ0n) is 21.6. The van der Waals surface area contributed by atoms with Crippen molar-refractivity contribution in [3.05, 3.63) is 53.1 Å². The summed E-state index contributed by atoms with van der Waals surface area (Å²) in [6, 6.07) is 11.1. The SMILES string of the molecule is CC1(C)COP(Oc2ccc(NC(=O)Cc3cc(C(C)(C)C)c(O)c(C(C)(C)C)c3)cc2)OC1. The van der Waals surface area contributed by atoms with Crippen LogP contribution in [-0.2, 0) is 31.1 Å². The van der Waals surface area contributed by atoms with Crippen LogP contribution < -0.4 is 9.84 Å². The monoisotopic (exact) mass is 487 g/mol. The number of carbonyl (C=O) groups is 1. The quantitative estimate of drug-likeness (QED) is 0.451. The van der Waals surface area contributed by atoms with Crippen LogP contribution in [0.5, 0.6) is 11.5 Å². The minimum absolute atomic E-state index is 0.00484. The molecule has 1 aliphatic rings. The molecule has 0 unspecified atom stereocenters. The number of carbonyl (C=O) groups excluding carboxylic acids is 1. The van der Waals surface area contributed by atoms with Gasteiger partial charge < -0.3 is 24.0 Å². The van der Waals surface area contributed by atoms with Crippen LogP contribution in [0.15, 0.2) is 36.4 Å². The third-order valence-electron chi connectivity index (χ3n) is 5.59. The molecule has 2 N–H and O–H groups in total. The molecule has 0 atom stereocenters. The summed E-state index contributed by atoms with van der Waals surface area (Å²) >= 11 is 0. The number of rotatable bonds is 5. The van der Waals surface area contributed by atoms with Crippen molar-refractivity contribution in [2.24, 2.45) is 5.41 Å². The number of benzene rings is 2. The van der Waals surface area contributed by atoms with Crippen molar-refractivity contribution in [1.29, 1.82) is 0 Å². The maximum Gasteiger partial charge on any atom is 0.397 e. The summed E-state index contributed by atoms with van der Waals surface area (Å²) < 4.78 is 17.1. The van der Waals surface area contributed by atoms with Gasteiger partial charge in [0.2, 0.25) is 5.91 Å². The normalized spacial score (nSPS) is 16.8. The summed E-state index contributed by atoms with van der Waals surface area (Å²) in [5, 5.41) is 13.8. The van der Waals surface area contributed by atoms with Crippen molar-refractivity contribution < 1.29 is 23.5 Å². The molecule has 0 spiro atoms. The molecule has 0 bridgehead atoms. The number of aromatic hydroxyl groups is 1. The fourth-order valence-corrected chi connectivity index (χ4v) is 4.99. The number of phenolic OH excluding ortho intramolecular Hbond substituents is 1. The van der Waals surface area contributed by atoms with E-state index in [4.69, 9.17) is 13.6 Å². The van der Waals surface area contributed by atoms with Crippen LogP contribution in [0.4, 0.5) is 5.69 Å². The third-order valence-corrected chi connectivity index (χ3v) is 6.63. The predicted molar refractivity (Wildman–Crippen MR) is 138 cm³/mol. The zero-order chi connectivity index (χ0) is 25.3. The molecular formula is C27H38NO5P. The molecule has 1 fully saturated rings. The Morgan fingerprint density at radius 3 is 1.97 bits per heavy atom. The van der Waals surface area contributed by atoms with Crippen LogP contribution >= 0.6 is 8.60 Å². The molecule has 0 saturated carbocycles. The average Bonchev–Trinajstić information content (AvgIpc) is 2.70. The fraction of sp³-hybridized carbons (Fsp3) is 0.519. The van der Waals surface area contributed by atoms with Crippen LogP contribution in [-0.4, -0.2) is 24.2 Å². The summed E-state index contributed by atoms with van der Waals surface area (Å²) in [5.74, 6) is 0.826. The van der Waals surface area contributed by atoms with E-state index in [0.717, 1.165) is 16.7 Å². The summed E-state index contributed by atoms with van der Waals surface area (Å²) in [4.78, 5) is 12.8. The van der Waals surface area contributed by atoms with E-state index in [2.05, 4.69) is 60.7 Å². The van der Waals surface area contributed by atoms with Gasteiger partial charge in [0, 0.05) is 11.1 Å². The van der Waals surface area contributed by atoms with Crippen molar-refractivity contribution in [2.45, 2.75) is 72.6 Å². The second-order valence-electron chi connectivity index (χ2n) is 11.8. The Kier molecular flexibility index (Phi) is 7.66. The highest BCUT2D eigenvalue weighted by molar-refractivity contribution is 7.42. The van der Waals surface area contributed by atoms with Crippen LogP contribution in [0.3, 0.4) is 0 Å². The Balaban J connectivity index is 1.66. The average molecular weight is 488 g/mol. The minimum Gasteiger partial charge on any atom is -0.507 e. The smallest absolute Gasteiger partial charge is 0.397 e. The lowest BCUT2D eigenvalue weighted by atomic mass is 9.78. The maximum absolute atomic E-state index is 12.8. The first-order valence-electron chi connectivity index (χ1n) is 11.6. The Morgan fingerprint density at radius 2 is 1.50 bits per heavy atom. The minimum atomic E-state index is -1.40. The largest absolute Gasteiger partial charge is 0.507 e. The van der Waals surface area contributed by atoms with Gasteiger partial charge in [0.1, 0.15) is 11.5 Å². The topological polar surface area (TPSA) is 77.0 Å². The van der Waals surface area contributed by atoms with Crippen molar-refractivity contribution in [3.8, 4) is 11.5 Å². The zero-order valence-corrected chi connectivity index (χ0v) is 22.5. The van der Waals surface area contributed by atoms with Crippen molar-refractivity contribution in [3.63, 3.8) is 0 Å². The first kappa shape index (κ1) is 26.5. The van der Waals surface area contributed by atoms with Crippen LogP contribution in [0, 0.1) is 5.41 Å². The molecule has 1 aliphatic heterocycles. The molecule has 1 amide bonds. The van der Waals surface area contributed by atoms with E-state index in [0.29, 0.717) is 30.4 Å². The number of hydrogen-bond donors (Lipinski definition) is 2. The molecule has 2 aromatic rings. The van der Waals surface area contributed by atoms with Crippen LogP contribution in [0.1, 0.15) is 72.1 Å². The Hall–Kier alpha value is -2.14. The van der Waals surface area contributed by atoms with E-state index in [1.807, 2.05) is 12.1 Å². The van der Waals surface area contributed by atoms with Gasteiger partial charge in [0.15, 0.2) is 0 Å². The van der Waals surface area contributed by atoms with Crippen molar-refractivity contribution in [2.75, 3.05) is 18.5 Å². The highest BCUT2D eigenvalue weighted by atomic mass is 31.2. The summed E-state index contributed by atoms with van der Waals surface area (Å²) in [6.45, 7) is 17.7. The maximum atomic E-state index is 12.8. The van der Waals surface area contributed by atoms with Crippen molar-refractivity contribution in [1.82, 2.24) is 0 Å². The van der Waals surface area contributed by atoms with Crippen LogP contribution in [0.25, 0.3) is 0 Å². The highest BCUT2D eigenvalue weighted by Crippen LogP contribution is 2.47. The van der Waals surface area contributed by atoms with Gasteiger partial charge in [-0.15, -0.1) is 0 Å². The summed E-state index contributed by atoms with van der Waals surface area (Å²) in [7, 11) is -1.40. The first-order valence-corrected chi connectivity index (χ1v) is 12.7. The molecule has 0 aromatic heterocycles. The fourth-order valence-electron chi connectivity index (χ4n) is 3.60. The standard InChI is InChI=1S/C27H38NO5P/c1-25(2,3)21-13-18(14-22(24(21)30)26(4,5)6)15-23(29)28-19-9-11-20(12-10-19)33-34-31-16-27(7,8)17-32-34/h9-14,30H,15-17H2,1-8H3,(H,28,29). The van der Waals surface area contributed by atoms with Gasteiger partial charge >= 0.3 is 8.60 Å². The molecule has 2 aromatic carbocycles. The molecule has 7 heteroatoms. The Labute approximate surface area is 205 Å². The van der Waals surface area contributed by atoms with Crippen LogP contribution in [0.2, 0.25) is 0 Å². The van der Waals surface area contributed by atoms with E-state index in [1.165, 1.54) is 0 Å². The molecule has 1 heterocycles. The summed E-state index contributed by atoms with van der Waals surface area (Å²) in [5.41, 5.74) is 2.77. The molecule has 1 saturated heterocycles. The van der Waals surface area contributed by atoms with Gasteiger partial charge in [-0.2, -0.15) is 0 Å². The lowest BCUT2D eigenvalue weighted by molar-refractivity contribution is -0.115. The molecule has 3 rings (SSSR count). The molecule has 186 valence electrons. The number of hydrogen-bond acceptors (Lipinski definition) is 5. The van der Waals surface area contributed by atoms with Gasteiger partial charge in [-0.25, -0.2) is 0 Å². The second-order valence-corrected chi connectivity index (χ2v) is 13.0. The summed E-state index contributed by atoms with van der Waals surface area (Å²) in [6.07, 6.45) is 0.216. The molecular weight excluding hydrogens is 449 g/mol. The first-order chi connectivity index (χ1) is 15.6. The van der Waals surface area contributed by atoms with Crippen molar-refractivity contribution >= 4 is 20.2 Å². The second kappa shape index (κ2) is 9.85. The number of nitrogens with one attached hydrogen (secondary N) is 1. The predicted octanol–water partition coefficient (Wildman–Crippen LogP) is 6.85. The van der Waals surface area contributed by atoms with Gasteiger partial charge in [-0.05, 0) is 51.8 Å². The van der Waals surface area contributed by atoms with E-state index in [1.54, 1.807) is 24.3 Å². The van der Waals surface area contributed by atoms with Gasteiger partial charge in [0.05, 0.1) is 19.6 Å². The Bertz CT molecular complexity index is 974. The molecule has 34 heavy (non-hydrogen) atoms. The number of anilines is 1. The van der Waals surface area contributed by atoms with Gasteiger partial charge in [-0.1, -0.05) is 67.5 Å². The molecule has 0 aliphatic carbocycles. The van der Waals surface area contributed by atoms with Gasteiger partial charge in [-0.3, -0.25) is 4.79 Å². The van der Waals surface area contributed by atoms with E-state index < -0.39 is 8.60 Å². The third kappa shape index (κ3) is 6.94. The number of amides is 1. The lowest BCUT2D eigenvalue weighted by Crippen LogP contribution is -2.28. The van der Waals surface area contributed by atoms with E-state index in [9.17, 15) is 9.90 Å². The Morgan fingerprint density at radius 1 is 1.00 bits per heavy atom. The molecule has 6 nitrogen and oxygen atoms in total. The van der Waals surface area contributed by atoms with E-state index in [-0.39, 0.29) is 28.6 Å². The number of phenols is 1. The highest BCUT2D eigenvalue weighted by Gasteiger charge is 2.31. The lowest BCUT2D eigenvalue weighted by Gasteiger charge is -2.32. The molecule has 0 radical (unpaired) electrons.